The van der Waals surface area contributed by atoms with Crippen molar-refractivity contribution in [3.8, 4) is 0 Å². The molecule has 0 bridgehead atoms. The van der Waals surface area contributed by atoms with E-state index in [4.69, 9.17) is 0 Å². The molecule has 4 heavy (non-hydrogen) atoms. The van der Waals surface area contributed by atoms with Crippen molar-refractivity contribution in [3.05, 3.63) is 0 Å². The summed E-state index contributed by atoms with van der Waals surface area (Å²) in [5.74, 6) is 0. The van der Waals surface area contributed by atoms with E-state index in [0.717, 1.165) is 0 Å². The second kappa shape index (κ2) is 17.8. The average molecular weight is 354 g/mol. The second-order valence-corrected chi connectivity index (χ2v) is 0. The molecule has 0 rings (SSSR count). The van der Waals surface area contributed by atoms with Crippen molar-refractivity contribution in [1.82, 2.24) is 0 Å². The van der Waals surface area contributed by atoms with Gasteiger partial charge in [-0.15, -0.1) is 0 Å². The summed E-state index contributed by atoms with van der Waals surface area (Å²) in [7, 11) is 0. The smallest absolute Gasteiger partial charge is 0 e. The predicted octanol–water partition coefficient (Wildman–Crippen LogP) is -0.494. The Hall–Kier alpha value is 2.50. The topological polar surface area (TPSA) is 0 Å². The van der Waals surface area contributed by atoms with Gasteiger partial charge in [0.1, 0.15) is 0 Å². The van der Waals surface area contributed by atoms with Crippen molar-refractivity contribution in [2.24, 2.45) is 0 Å². The van der Waals surface area contributed by atoms with Crippen LogP contribution in [0.4, 0.5) is 0 Å². The van der Waals surface area contributed by atoms with Gasteiger partial charge in [0.2, 0.25) is 0 Å². The summed E-state index contributed by atoms with van der Waals surface area (Å²) in [6.45, 7) is 0. The normalized spacial score (nSPS) is 0. The third kappa shape index (κ3) is 8.82. The number of rotatable bonds is 0. The van der Waals surface area contributed by atoms with Crippen LogP contribution in [0.1, 0.15) is 0 Å². The molecule has 0 fully saturated rings. The van der Waals surface area contributed by atoms with E-state index in [-0.39, 0.29) is 79.2 Å². The van der Waals surface area contributed by atoms with Crippen LogP contribution < -0.4 is 0 Å². The Morgan fingerprint density at radius 3 is 1.00 bits per heavy atom. The van der Waals surface area contributed by atoms with Gasteiger partial charge in [-0.3, -0.25) is 0 Å². The van der Waals surface area contributed by atoms with Crippen LogP contribution in [0.2, 0.25) is 0 Å². The minimum atomic E-state index is 0. The van der Waals surface area contributed by atoms with Crippen LogP contribution in [0.25, 0.3) is 0 Å². The zero-order valence-electron chi connectivity index (χ0n) is 1.76. The maximum Gasteiger partial charge on any atom is 0 e. The summed E-state index contributed by atoms with van der Waals surface area (Å²) < 4.78 is 0. The Morgan fingerprint density at radius 2 is 1.00 bits per heavy atom. The number of hydrogen-bond donors (Lipinski definition) is 0. The largest absolute Gasteiger partial charge is 0 e. The van der Waals surface area contributed by atoms with Crippen molar-refractivity contribution < 1.29 is 0 Å². The summed E-state index contributed by atoms with van der Waals surface area (Å²) in [6, 6.07) is 0. The van der Waals surface area contributed by atoms with Gasteiger partial charge in [0, 0.05) is 79.2 Å². The molecule has 0 aliphatic carbocycles. The molecule has 0 aromatic rings. The molecule has 0 unspecified atom stereocenters. The minimum Gasteiger partial charge on any atom is 0 e. The Morgan fingerprint density at radius 1 is 1.00 bits per heavy atom. The second-order valence-electron chi connectivity index (χ2n) is 0. The molecular weight excluding hydrogens is 354 g/mol. The summed E-state index contributed by atoms with van der Waals surface area (Å²) in [5, 5.41) is 0. The van der Waals surface area contributed by atoms with E-state index in [1.807, 2.05) is 0 Å². The molecule has 11 radical (unpaired) electrons. The summed E-state index contributed by atoms with van der Waals surface area (Å²) in [4.78, 5) is 0. The summed E-state index contributed by atoms with van der Waals surface area (Å²) in [6.07, 6.45) is 0. The molecule has 0 nitrogen and oxygen atoms in total. The van der Waals surface area contributed by atoms with Gasteiger partial charge >= 0.3 is 0 Å². The van der Waals surface area contributed by atoms with Crippen molar-refractivity contribution in [2.45, 2.75) is 0 Å². The Balaban J connectivity index is 0. The van der Waals surface area contributed by atoms with Gasteiger partial charge in [-0.2, -0.15) is 0 Å². The van der Waals surface area contributed by atoms with Crippen molar-refractivity contribution in [1.29, 1.82) is 0 Å². The average Bonchev–Trinajstić information content (AvgIpc) is 0. The Kier molecular flexibility index (Phi) is 140. The van der Waals surface area contributed by atoms with E-state index in [1.54, 1.807) is 0 Å². The molecule has 0 aromatic heterocycles. The molecule has 0 amide bonds. The van der Waals surface area contributed by atoms with Crippen LogP contribution in [0, 0.1) is 0 Å². The first-order valence-electron chi connectivity index (χ1n) is 0. The zero-order chi connectivity index (χ0) is 0. The van der Waals surface area contributed by atoms with Gasteiger partial charge in [0.25, 0.3) is 0 Å². The van der Waals surface area contributed by atoms with E-state index in [1.165, 1.54) is 0 Å². The third-order valence-corrected chi connectivity index (χ3v) is 0. The van der Waals surface area contributed by atoms with Crippen LogP contribution in [0.3, 0.4) is 0 Å². The monoisotopic (exact) mass is 357 g/mol. The summed E-state index contributed by atoms with van der Waals surface area (Å²) in [5.41, 5.74) is 0. The van der Waals surface area contributed by atoms with E-state index >= 15 is 0 Å². The third-order valence-electron chi connectivity index (χ3n) is 0. The molecule has 0 heterocycles. The molecule has 21 valence electrons. The van der Waals surface area contributed by atoms with Crippen LogP contribution in [-0.4, -0.2) is 65.7 Å². The molecular formula is GeSSbTe. The Bertz CT molecular complexity index is 8.00. The van der Waals surface area contributed by atoms with Gasteiger partial charge in [0.15, 0.2) is 0 Å². The maximum atomic E-state index is 0. The molecule has 0 N–H and O–H groups in total. The maximum absolute atomic E-state index is 0. The molecule has 0 saturated carbocycles. The fraction of sp³-hybridized carbons (Fsp3) is 0. The van der Waals surface area contributed by atoms with E-state index in [0.29, 0.717) is 0 Å². The molecule has 0 saturated heterocycles. The Labute approximate surface area is 78.1 Å². The standard InChI is InChI=1S/Ge.S.Sb.Te. The number of hydrogen-bond acceptors (Lipinski definition) is 0. The van der Waals surface area contributed by atoms with Gasteiger partial charge in [-0.25, -0.2) is 0 Å². The van der Waals surface area contributed by atoms with Gasteiger partial charge in [0.05, 0.1) is 0 Å². The first kappa shape index (κ1) is 31.5. The van der Waals surface area contributed by atoms with Crippen molar-refractivity contribution in [2.75, 3.05) is 0 Å². The van der Waals surface area contributed by atoms with Crippen LogP contribution in [0.15, 0.2) is 0 Å². The predicted molar refractivity (Wildman–Crippen MR) is 24.9 cm³/mol. The first-order chi connectivity index (χ1) is 0. The molecule has 0 aromatic carbocycles. The van der Waals surface area contributed by atoms with Crippen molar-refractivity contribution in [3.63, 3.8) is 0 Å². The van der Waals surface area contributed by atoms with E-state index < -0.39 is 0 Å². The van der Waals surface area contributed by atoms with Gasteiger partial charge < -0.3 is 0 Å². The van der Waals surface area contributed by atoms with E-state index in [9.17, 15) is 0 Å². The fourth-order valence-electron chi connectivity index (χ4n) is 0. The molecule has 0 atom stereocenters. The van der Waals surface area contributed by atoms with Crippen molar-refractivity contribution >= 4 is 79.2 Å². The first-order valence-corrected chi connectivity index (χ1v) is 0. The van der Waals surface area contributed by atoms with Crippen LogP contribution >= 0.6 is 13.5 Å². The zero-order valence-corrected chi connectivity index (χ0v) is 9.56. The minimum absolute atomic E-state index is 0. The van der Waals surface area contributed by atoms with Gasteiger partial charge in [-0.05, 0) is 0 Å². The molecule has 0 aliphatic heterocycles. The van der Waals surface area contributed by atoms with E-state index in [2.05, 4.69) is 0 Å². The fourth-order valence-corrected chi connectivity index (χ4v) is 0. The quantitative estimate of drug-likeness (QED) is 0.515. The summed E-state index contributed by atoms with van der Waals surface area (Å²) >= 11 is 0. The SMILES string of the molecule is [Ge].[S].[Sb].[Te]. The van der Waals surface area contributed by atoms with Crippen LogP contribution in [0.5, 0.6) is 0 Å². The van der Waals surface area contributed by atoms with Gasteiger partial charge in [-0.1, -0.05) is 0 Å². The molecule has 0 spiro atoms. The molecule has 4 heteroatoms. The van der Waals surface area contributed by atoms with Crippen LogP contribution in [-0.2, 0) is 0 Å². The molecule has 0 aliphatic rings.